The van der Waals surface area contributed by atoms with Crippen molar-refractivity contribution >= 4 is 44.1 Å². The van der Waals surface area contributed by atoms with Gasteiger partial charge in [0, 0.05) is 5.56 Å². The van der Waals surface area contributed by atoms with Crippen molar-refractivity contribution in [2.45, 2.75) is 26.8 Å². The van der Waals surface area contributed by atoms with Gasteiger partial charge in [0.05, 0.1) is 35.5 Å². The van der Waals surface area contributed by atoms with Crippen LogP contribution in [0.5, 0.6) is 11.5 Å². The largest absolute Gasteiger partial charge is 0.507 e. The molecule has 0 spiro atoms. The molecular formula is C29H26N2O5S. The van der Waals surface area contributed by atoms with Gasteiger partial charge in [0.2, 0.25) is 0 Å². The molecule has 0 radical (unpaired) electrons. The van der Waals surface area contributed by atoms with Crippen LogP contribution in [0, 0.1) is 13.8 Å². The maximum atomic E-state index is 13.5. The van der Waals surface area contributed by atoms with E-state index in [0.717, 1.165) is 21.3 Å². The van der Waals surface area contributed by atoms with E-state index in [-0.39, 0.29) is 11.3 Å². The third-order valence-corrected chi connectivity index (χ3v) is 7.34. The van der Waals surface area contributed by atoms with Gasteiger partial charge in [0.25, 0.3) is 5.78 Å². The summed E-state index contributed by atoms with van der Waals surface area (Å²) in [5.41, 5.74) is 3.93. The van der Waals surface area contributed by atoms with Crippen molar-refractivity contribution in [3.63, 3.8) is 0 Å². The fraction of sp³-hybridized carbons (Fsp3) is 0.207. The lowest BCUT2D eigenvalue weighted by molar-refractivity contribution is -0.132. The molecule has 1 N–H and O–H groups in total. The number of ether oxygens (including phenoxy) is 2. The van der Waals surface area contributed by atoms with E-state index in [4.69, 9.17) is 14.5 Å². The lowest BCUT2D eigenvalue weighted by Gasteiger charge is -2.23. The summed E-state index contributed by atoms with van der Waals surface area (Å²) in [6.07, 6.45) is 0. The number of hydrogen-bond acceptors (Lipinski definition) is 7. The molecule has 1 aliphatic heterocycles. The van der Waals surface area contributed by atoms with Crippen LogP contribution < -0.4 is 14.4 Å². The Balaban J connectivity index is 1.69. The van der Waals surface area contributed by atoms with Crippen LogP contribution in [0.2, 0.25) is 0 Å². The predicted molar refractivity (Wildman–Crippen MR) is 144 cm³/mol. The van der Waals surface area contributed by atoms with E-state index in [2.05, 4.69) is 0 Å². The Bertz CT molecular complexity index is 1540. The molecule has 4 aromatic rings. The maximum absolute atomic E-state index is 13.5. The minimum Gasteiger partial charge on any atom is -0.507 e. The zero-order chi connectivity index (χ0) is 26.3. The number of benzene rings is 3. The summed E-state index contributed by atoms with van der Waals surface area (Å²) in [7, 11) is 1.57. The standard InChI is InChI=1S/C29H26N2O5S/c1-5-36-21-12-8-19(9-13-21)26(32)23-25(18-6-10-20(35-4)11-7-18)31(28(34)27(23)33)29-30-24-17(3)14-16(2)15-22(24)37-29/h6-15,25,32H,5H2,1-4H3/b26-23+/t25-/m1/s1. The highest BCUT2D eigenvalue weighted by Gasteiger charge is 2.48. The average molecular weight is 515 g/mol. The third-order valence-electron chi connectivity index (χ3n) is 6.34. The Labute approximate surface area is 218 Å². The molecule has 0 unspecified atom stereocenters. The summed E-state index contributed by atoms with van der Waals surface area (Å²) in [6, 6.07) is 17.1. The van der Waals surface area contributed by atoms with E-state index in [1.54, 1.807) is 55.6 Å². The number of aliphatic hydroxyl groups is 1. The van der Waals surface area contributed by atoms with Gasteiger partial charge in [-0.15, -0.1) is 0 Å². The van der Waals surface area contributed by atoms with Crippen LogP contribution in [0.4, 0.5) is 5.13 Å². The number of aryl methyl sites for hydroxylation is 2. The molecule has 0 bridgehead atoms. The van der Waals surface area contributed by atoms with Crippen LogP contribution in [-0.4, -0.2) is 35.5 Å². The molecule has 2 heterocycles. The van der Waals surface area contributed by atoms with Crippen molar-refractivity contribution in [2.24, 2.45) is 0 Å². The number of anilines is 1. The minimum absolute atomic E-state index is 0.00600. The lowest BCUT2D eigenvalue weighted by atomic mass is 9.95. The molecule has 5 rings (SSSR count). The molecule has 1 atom stereocenters. The quantitative estimate of drug-likeness (QED) is 0.194. The van der Waals surface area contributed by atoms with Crippen molar-refractivity contribution in [2.75, 3.05) is 18.6 Å². The zero-order valence-corrected chi connectivity index (χ0v) is 21.8. The Morgan fingerprint density at radius 2 is 1.70 bits per heavy atom. The number of aliphatic hydroxyl groups excluding tert-OH is 1. The molecule has 37 heavy (non-hydrogen) atoms. The SMILES string of the molecule is CCOc1ccc(/C(O)=C2\C(=O)C(=O)N(c3nc4c(C)cc(C)cc4s3)[C@@H]2c2ccc(OC)cc2)cc1. The molecule has 188 valence electrons. The Hall–Kier alpha value is -4.17. The molecular weight excluding hydrogens is 488 g/mol. The minimum atomic E-state index is -0.862. The van der Waals surface area contributed by atoms with Gasteiger partial charge < -0.3 is 14.6 Å². The molecule has 1 aliphatic rings. The van der Waals surface area contributed by atoms with E-state index >= 15 is 0 Å². The molecule has 7 nitrogen and oxygen atoms in total. The second kappa shape index (κ2) is 9.71. The Kier molecular flexibility index (Phi) is 6.43. The number of carbonyl (C=O) groups is 2. The first kappa shape index (κ1) is 24.5. The summed E-state index contributed by atoms with van der Waals surface area (Å²) in [4.78, 5) is 33.1. The van der Waals surface area contributed by atoms with Crippen LogP contribution in [0.25, 0.3) is 16.0 Å². The number of amides is 1. The fourth-order valence-electron chi connectivity index (χ4n) is 4.62. The van der Waals surface area contributed by atoms with E-state index < -0.39 is 17.7 Å². The van der Waals surface area contributed by atoms with Gasteiger partial charge in [0.1, 0.15) is 17.3 Å². The first-order valence-corrected chi connectivity index (χ1v) is 12.7. The predicted octanol–water partition coefficient (Wildman–Crippen LogP) is 5.95. The normalized spacial score (nSPS) is 17.0. The van der Waals surface area contributed by atoms with Crippen LogP contribution in [0.1, 0.15) is 35.2 Å². The molecule has 8 heteroatoms. The van der Waals surface area contributed by atoms with Crippen molar-refractivity contribution < 1.29 is 24.2 Å². The fourth-order valence-corrected chi connectivity index (χ4v) is 5.79. The van der Waals surface area contributed by atoms with Crippen molar-refractivity contribution in [1.82, 2.24) is 4.98 Å². The smallest absolute Gasteiger partial charge is 0.301 e. The number of hydrogen-bond donors (Lipinski definition) is 1. The lowest BCUT2D eigenvalue weighted by Crippen LogP contribution is -2.29. The number of methoxy groups -OCH3 is 1. The number of ketones is 1. The second-order valence-electron chi connectivity index (χ2n) is 8.82. The van der Waals surface area contributed by atoms with Crippen molar-refractivity contribution in [3.8, 4) is 11.5 Å². The number of aromatic nitrogens is 1. The molecule has 1 aromatic heterocycles. The second-order valence-corrected chi connectivity index (χ2v) is 9.83. The highest BCUT2D eigenvalue weighted by atomic mass is 32.1. The number of nitrogens with zero attached hydrogens (tertiary/aromatic N) is 2. The summed E-state index contributed by atoms with van der Waals surface area (Å²) in [6.45, 7) is 6.37. The Morgan fingerprint density at radius 1 is 1.03 bits per heavy atom. The van der Waals surface area contributed by atoms with Gasteiger partial charge in [-0.05, 0) is 79.9 Å². The average Bonchev–Trinajstić information content (AvgIpc) is 3.43. The number of rotatable bonds is 6. The van der Waals surface area contributed by atoms with Gasteiger partial charge in [0.15, 0.2) is 5.13 Å². The summed E-state index contributed by atoms with van der Waals surface area (Å²) >= 11 is 1.35. The van der Waals surface area contributed by atoms with E-state index in [1.807, 2.05) is 32.9 Å². The highest BCUT2D eigenvalue weighted by molar-refractivity contribution is 7.22. The number of thiazole rings is 1. The van der Waals surface area contributed by atoms with Crippen LogP contribution >= 0.6 is 11.3 Å². The number of Topliss-reactive ketones (excluding diaryl/α,β-unsaturated/α-hetero) is 1. The zero-order valence-electron chi connectivity index (χ0n) is 20.9. The monoisotopic (exact) mass is 514 g/mol. The van der Waals surface area contributed by atoms with E-state index in [9.17, 15) is 14.7 Å². The topological polar surface area (TPSA) is 89.0 Å². The van der Waals surface area contributed by atoms with Crippen LogP contribution in [0.3, 0.4) is 0 Å². The maximum Gasteiger partial charge on any atom is 0.301 e. The van der Waals surface area contributed by atoms with Crippen molar-refractivity contribution in [3.05, 3.63) is 88.5 Å². The Morgan fingerprint density at radius 3 is 2.35 bits per heavy atom. The van der Waals surface area contributed by atoms with Gasteiger partial charge in [-0.25, -0.2) is 4.98 Å². The first-order valence-electron chi connectivity index (χ1n) is 11.9. The van der Waals surface area contributed by atoms with E-state index in [0.29, 0.717) is 34.4 Å². The molecule has 3 aromatic carbocycles. The summed E-state index contributed by atoms with van der Waals surface area (Å²) < 4.78 is 11.7. The van der Waals surface area contributed by atoms with Gasteiger partial charge in [-0.2, -0.15) is 0 Å². The van der Waals surface area contributed by atoms with Crippen LogP contribution in [-0.2, 0) is 9.59 Å². The molecule has 0 saturated carbocycles. The summed E-state index contributed by atoms with van der Waals surface area (Å²) in [5, 5.41) is 11.7. The van der Waals surface area contributed by atoms with E-state index in [1.165, 1.54) is 16.2 Å². The summed E-state index contributed by atoms with van der Waals surface area (Å²) in [5.74, 6) is -0.469. The van der Waals surface area contributed by atoms with Crippen LogP contribution in [0.15, 0.2) is 66.2 Å². The van der Waals surface area contributed by atoms with Gasteiger partial charge in [-0.1, -0.05) is 29.5 Å². The number of carbonyl (C=O) groups excluding carboxylic acids is 2. The molecule has 1 amide bonds. The van der Waals surface area contributed by atoms with Crippen molar-refractivity contribution in [1.29, 1.82) is 0 Å². The first-order chi connectivity index (χ1) is 17.8. The highest BCUT2D eigenvalue weighted by Crippen LogP contribution is 2.45. The molecule has 1 fully saturated rings. The molecule has 1 saturated heterocycles. The van der Waals surface area contributed by atoms with Gasteiger partial charge in [-0.3, -0.25) is 14.5 Å². The third kappa shape index (κ3) is 4.34. The van der Waals surface area contributed by atoms with Gasteiger partial charge >= 0.3 is 5.91 Å². The molecule has 0 aliphatic carbocycles. The number of fused-ring (bicyclic) bond motifs is 1.